The maximum absolute atomic E-state index is 13.1. The Labute approximate surface area is 333 Å². The number of anilines is 1. The van der Waals surface area contributed by atoms with Gasteiger partial charge in [-0.2, -0.15) is 18.2 Å². The number of nitrogens with one attached hydrogen (secondary N) is 3. The summed E-state index contributed by atoms with van der Waals surface area (Å²) in [5, 5.41) is 5.90. The van der Waals surface area contributed by atoms with E-state index in [1.807, 2.05) is 24.4 Å². The zero-order valence-corrected chi connectivity index (χ0v) is 32.7. The quantitative estimate of drug-likeness (QED) is 0.109. The van der Waals surface area contributed by atoms with Crippen molar-refractivity contribution in [3.63, 3.8) is 0 Å². The number of benzene rings is 2. The van der Waals surface area contributed by atoms with Crippen LogP contribution in [0, 0.1) is 0 Å². The van der Waals surface area contributed by atoms with Crippen molar-refractivity contribution >= 4 is 39.8 Å². The first-order chi connectivity index (χ1) is 27.9. The zero-order chi connectivity index (χ0) is 40.6. The first-order valence-corrected chi connectivity index (χ1v) is 20.0. The lowest BCUT2D eigenvalue weighted by atomic mass is 10.0. The summed E-state index contributed by atoms with van der Waals surface area (Å²) >= 11 is 0. The molecule has 17 heteroatoms. The molecule has 0 bridgehead atoms. The molecule has 2 amide bonds. The molecule has 308 valence electrons. The summed E-state index contributed by atoms with van der Waals surface area (Å²) in [6.07, 6.45) is 0.00108. The average Bonchev–Trinajstić information content (AvgIpc) is 3.69. The molecule has 5 aromatic rings. The van der Waals surface area contributed by atoms with E-state index in [4.69, 9.17) is 4.74 Å². The number of rotatable bonds is 14. The summed E-state index contributed by atoms with van der Waals surface area (Å²) < 4.78 is 47.4. The molecule has 3 aromatic heterocycles. The van der Waals surface area contributed by atoms with Gasteiger partial charge in [0.1, 0.15) is 11.7 Å². The van der Waals surface area contributed by atoms with Crippen molar-refractivity contribution in [1.82, 2.24) is 44.1 Å². The highest BCUT2D eigenvalue weighted by Gasteiger charge is 2.33. The van der Waals surface area contributed by atoms with Crippen molar-refractivity contribution in [2.24, 2.45) is 7.05 Å². The number of piperidine rings is 1. The second-order valence-electron chi connectivity index (χ2n) is 15.9. The van der Waals surface area contributed by atoms with Gasteiger partial charge < -0.3 is 19.9 Å². The molecular weight excluding hydrogens is 754 g/mol. The summed E-state index contributed by atoms with van der Waals surface area (Å²) in [7, 11) is 1.71. The average molecular weight is 803 g/mol. The molecule has 2 aromatic carbocycles. The molecule has 58 heavy (non-hydrogen) atoms. The Hall–Kier alpha value is -5.10. The molecule has 3 aliphatic rings. The summed E-state index contributed by atoms with van der Waals surface area (Å²) in [5.74, 6) is -0.577. The fraction of sp³-hybridized carbons (Fsp3) is 0.488. The number of likely N-dealkylation sites (tertiary alicyclic amines) is 1. The van der Waals surface area contributed by atoms with Gasteiger partial charge in [-0.3, -0.25) is 33.8 Å². The van der Waals surface area contributed by atoms with E-state index in [2.05, 4.69) is 64.6 Å². The Balaban J connectivity index is 0.728. The van der Waals surface area contributed by atoms with Crippen molar-refractivity contribution in [2.45, 2.75) is 70.1 Å². The van der Waals surface area contributed by atoms with Crippen molar-refractivity contribution in [3.05, 3.63) is 76.5 Å². The molecule has 2 atom stereocenters. The van der Waals surface area contributed by atoms with Crippen LogP contribution in [0.3, 0.4) is 0 Å². The molecule has 3 saturated heterocycles. The number of alkyl halides is 3. The summed E-state index contributed by atoms with van der Waals surface area (Å²) in [5.41, 5.74) is 6.04. The second-order valence-corrected chi connectivity index (χ2v) is 15.9. The Bertz CT molecular complexity index is 2320. The van der Waals surface area contributed by atoms with Crippen molar-refractivity contribution in [2.75, 3.05) is 57.7 Å². The van der Waals surface area contributed by atoms with Gasteiger partial charge in [-0.25, -0.2) is 9.78 Å². The molecule has 3 fully saturated rings. The molecule has 6 heterocycles. The van der Waals surface area contributed by atoms with Gasteiger partial charge in [0.05, 0.1) is 23.6 Å². The number of carbonyl (C=O) groups is 2. The lowest BCUT2D eigenvalue weighted by Gasteiger charge is -2.39. The van der Waals surface area contributed by atoms with Crippen molar-refractivity contribution < 1.29 is 27.5 Å². The number of hydrogen-bond acceptors (Lipinski definition) is 10. The van der Waals surface area contributed by atoms with Crippen LogP contribution in [0.5, 0.6) is 0 Å². The number of nitrogens with zero attached hydrogens (tertiary/aromatic N) is 7. The molecule has 3 aliphatic heterocycles. The molecular formula is C41H49F3N10O4. The maximum atomic E-state index is 13.1. The van der Waals surface area contributed by atoms with Crippen LogP contribution in [0.15, 0.2) is 59.7 Å². The predicted octanol–water partition coefficient (Wildman–Crippen LogP) is 4.42. The first kappa shape index (κ1) is 39.7. The number of H-pyrrole nitrogens is 1. The first-order valence-electron chi connectivity index (χ1n) is 20.0. The van der Waals surface area contributed by atoms with Gasteiger partial charge in [0.2, 0.25) is 17.8 Å². The number of hydrogen-bond donors (Lipinski definition) is 3. The number of carbonyl (C=O) groups excluding carboxylic acids is 2. The Morgan fingerprint density at radius 2 is 1.67 bits per heavy atom. The Morgan fingerprint density at radius 3 is 2.41 bits per heavy atom. The third kappa shape index (κ3) is 8.97. The highest BCUT2D eigenvalue weighted by atomic mass is 19.4. The molecule has 0 aliphatic carbocycles. The third-order valence-corrected chi connectivity index (χ3v) is 11.5. The van der Waals surface area contributed by atoms with Crippen LogP contribution in [0.25, 0.3) is 33.2 Å². The smallest absolute Gasteiger partial charge is 0.376 e. The number of halogens is 3. The number of piperazine rings is 1. The lowest BCUT2D eigenvalue weighted by Crippen LogP contribution is -2.51. The summed E-state index contributed by atoms with van der Waals surface area (Å²) in [4.78, 5) is 56.3. The van der Waals surface area contributed by atoms with Gasteiger partial charge >= 0.3 is 11.9 Å². The van der Waals surface area contributed by atoms with Gasteiger partial charge in [0.25, 0.3) is 0 Å². The number of amides is 2. The molecule has 8 rings (SSSR count). The SMILES string of the molecule is C[C@H](CC(F)(F)F)Nc1ncc2c(-c3ccc(CN4CCN(CCCOC5CN(Cc6ccc7c(c6)n(C)c(=O)n7C6CCC(=O)NC6=O)C5)CC4)cc3)c[nH]c2n1. The molecule has 1 unspecified atom stereocenters. The number of imide groups is 1. The number of imidazole rings is 1. The largest absolute Gasteiger partial charge is 0.391 e. The van der Waals surface area contributed by atoms with Crippen LogP contribution in [0.2, 0.25) is 0 Å². The monoisotopic (exact) mass is 802 g/mol. The molecule has 14 nitrogen and oxygen atoms in total. The Kier molecular flexibility index (Phi) is 11.4. The molecule has 0 spiro atoms. The van der Waals surface area contributed by atoms with Crippen LogP contribution in [-0.2, 0) is 34.5 Å². The van der Waals surface area contributed by atoms with Crippen molar-refractivity contribution in [3.8, 4) is 11.1 Å². The highest BCUT2D eigenvalue weighted by molar-refractivity contribution is 6.00. The van der Waals surface area contributed by atoms with Crippen molar-refractivity contribution in [1.29, 1.82) is 0 Å². The molecule has 0 radical (unpaired) electrons. The van der Waals surface area contributed by atoms with Gasteiger partial charge in [0.15, 0.2) is 0 Å². The second kappa shape index (κ2) is 16.6. The maximum Gasteiger partial charge on any atom is 0.391 e. The van der Waals surface area contributed by atoms with E-state index in [1.54, 1.807) is 17.8 Å². The van der Waals surface area contributed by atoms with Crippen LogP contribution in [-0.4, -0.2) is 121 Å². The number of aromatic nitrogens is 5. The zero-order valence-electron chi connectivity index (χ0n) is 32.7. The Morgan fingerprint density at radius 1 is 0.948 bits per heavy atom. The minimum Gasteiger partial charge on any atom is -0.376 e. The minimum atomic E-state index is -4.26. The number of aromatic amines is 1. The van der Waals surface area contributed by atoms with E-state index in [0.717, 1.165) is 99.5 Å². The number of aryl methyl sites for hydroxylation is 1. The number of fused-ring (bicyclic) bond motifs is 2. The van der Waals surface area contributed by atoms with Crippen LogP contribution < -0.4 is 16.3 Å². The fourth-order valence-electron chi connectivity index (χ4n) is 8.34. The van der Waals surface area contributed by atoms with E-state index < -0.39 is 30.6 Å². The topological polar surface area (TPSA) is 146 Å². The van der Waals surface area contributed by atoms with E-state index in [1.165, 1.54) is 17.1 Å². The standard InChI is InChI=1S/C41H49F3N10O4/c1-26(19-41(42,43)44)47-39-46-21-32-31(20-45-37(32)49-39)29-7-4-27(5-8-29)22-52-15-13-51(14-16-52)12-3-17-58-30-24-53(25-30)23-28-6-9-33-35(18-28)50(2)40(57)54(33)34-10-11-36(55)48-38(34)56/h4-9,18,20-21,26,30,34H,3,10-17,19,22-25H2,1-2H3,(H,48,55,56)(H2,45,46,47,49)/t26-,34?/m1/s1. The van der Waals surface area contributed by atoms with Gasteiger partial charge in [-0.05, 0) is 48.6 Å². The summed E-state index contributed by atoms with van der Waals surface area (Å²) in [6, 6.07) is 12.8. The van der Waals surface area contributed by atoms with E-state index >= 15 is 0 Å². The van der Waals surface area contributed by atoms with E-state index in [9.17, 15) is 27.6 Å². The lowest BCUT2D eigenvalue weighted by molar-refractivity contribution is -0.137. The minimum absolute atomic E-state index is 0.159. The third-order valence-electron chi connectivity index (χ3n) is 11.5. The molecule has 3 N–H and O–H groups in total. The van der Waals surface area contributed by atoms with Gasteiger partial charge in [-0.15, -0.1) is 0 Å². The van der Waals surface area contributed by atoms with E-state index in [-0.39, 0.29) is 30.1 Å². The van der Waals surface area contributed by atoms with Gasteiger partial charge in [0, 0.05) is 108 Å². The number of ether oxygens (including phenoxy) is 1. The van der Waals surface area contributed by atoms with Crippen LogP contribution in [0.4, 0.5) is 19.1 Å². The van der Waals surface area contributed by atoms with Crippen LogP contribution >= 0.6 is 0 Å². The van der Waals surface area contributed by atoms with E-state index in [0.29, 0.717) is 17.6 Å². The van der Waals surface area contributed by atoms with Crippen LogP contribution in [0.1, 0.15) is 49.8 Å². The normalized spacial score (nSPS) is 19.5. The highest BCUT2D eigenvalue weighted by Crippen LogP contribution is 2.30. The fourth-order valence-corrected chi connectivity index (χ4v) is 8.34. The summed E-state index contributed by atoms with van der Waals surface area (Å²) in [6.45, 7) is 10.6. The van der Waals surface area contributed by atoms with Gasteiger partial charge in [-0.1, -0.05) is 30.3 Å². The predicted molar refractivity (Wildman–Crippen MR) is 213 cm³/mol. The molecule has 0 saturated carbocycles.